The highest BCUT2D eigenvalue weighted by atomic mass is 16.3. The molecule has 0 aromatic carbocycles. The van der Waals surface area contributed by atoms with Crippen molar-refractivity contribution in [3.8, 4) is 6.07 Å². The third-order valence-electron chi connectivity index (χ3n) is 10.4. The summed E-state index contributed by atoms with van der Waals surface area (Å²) in [5, 5.41) is 20.6. The molecule has 4 aliphatic carbocycles. The van der Waals surface area contributed by atoms with Crippen LogP contribution in [0.4, 0.5) is 0 Å². The molecule has 7 atom stereocenters. The first-order chi connectivity index (χ1) is 14.6. The van der Waals surface area contributed by atoms with Crippen LogP contribution in [0.1, 0.15) is 91.4 Å². The first kappa shape index (κ1) is 22.8. The van der Waals surface area contributed by atoms with E-state index in [1.165, 1.54) is 19.3 Å². The molecule has 0 radical (unpaired) electrons. The molecule has 0 saturated heterocycles. The molecule has 2 fully saturated rings. The molecule has 4 aliphatic rings. The van der Waals surface area contributed by atoms with Crippen LogP contribution in [0.15, 0.2) is 11.1 Å². The molecule has 1 unspecified atom stereocenters. The van der Waals surface area contributed by atoms with Gasteiger partial charge in [0.25, 0.3) is 0 Å². The molecular formula is C27H42N2O2. The highest BCUT2D eigenvalue weighted by Crippen LogP contribution is 2.68. The monoisotopic (exact) mass is 426 g/mol. The molecule has 4 rings (SSSR count). The summed E-state index contributed by atoms with van der Waals surface area (Å²) in [5.41, 5.74) is 3.19. The molecule has 4 heteroatoms. The van der Waals surface area contributed by atoms with Crippen molar-refractivity contribution in [1.82, 2.24) is 4.90 Å². The van der Waals surface area contributed by atoms with E-state index >= 15 is 0 Å². The number of amides is 1. The maximum absolute atomic E-state index is 12.1. The lowest BCUT2D eigenvalue weighted by molar-refractivity contribution is -0.129. The average molecular weight is 427 g/mol. The Labute approximate surface area is 189 Å². The van der Waals surface area contributed by atoms with Crippen molar-refractivity contribution < 1.29 is 9.90 Å². The van der Waals surface area contributed by atoms with Crippen molar-refractivity contribution in [3.05, 3.63) is 11.1 Å². The van der Waals surface area contributed by atoms with Gasteiger partial charge in [-0.25, -0.2) is 0 Å². The van der Waals surface area contributed by atoms with Gasteiger partial charge in [-0.1, -0.05) is 31.9 Å². The summed E-state index contributed by atoms with van der Waals surface area (Å²) >= 11 is 0. The topological polar surface area (TPSA) is 64.3 Å². The lowest BCUT2D eigenvalue weighted by Gasteiger charge is -2.58. The molecule has 0 heterocycles. The molecule has 0 aliphatic heterocycles. The lowest BCUT2D eigenvalue weighted by Crippen LogP contribution is -2.51. The van der Waals surface area contributed by atoms with Crippen LogP contribution >= 0.6 is 0 Å². The van der Waals surface area contributed by atoms with Gasteiger partial charge in [-0.2, -0.15) is 5.26 Å². The zero-order chi connectivity index (χ0) is 22.6. The molecular weight excluding hydrogens is 384 g/mol. The second-order valence-electron chi connectivity index (χ2n) is 12.0. The summed E-state index contributed by atoms with van der Waals surface area (Å²) in [5.74, 6) is 2.15. The Bertz CT molecular complexity index is 811. The number of carbonyl (C=O) groups is 1. The summed E-state index contributed by atoms with van der Waals surface area (Å²) in [7, 11) is 3.70. The van der Waals surface area contributed by atoms with Crippen LogP contribution in [-0.2, 0) is 4.79 Å². The van der Waals surface area contributed by atoms with E-state index in [4.69, 9.17) is 0 Å². The third-order valence-corrected chi connectivity index (χ3v) is 10.4. The van der Waals surface area contributed by atoms with E-state index in [0.717, 1.165) is 38.5 Å². The van der Waals surface area contributed by atoms with Gasteiger partial charge >= 0.3 is 0 Å². The van der Waals surface area contributed by atoms with Crippen molar-refractivity contribution in [3.63, 3.8) is 0 Å². The second-order valence-corrected chi connectivity index (χ2v) is 12.0. The predicted molar refractivity (Wildman–Crippen MR) is 123 cm³/mol. The van der Waals surface area contributed by atoms with E-state index in [1.807, 2.05) is 14.1 Å². The summed E-state index contributed by atoms with van der Waals surface area (Å²) in [6, 6.07) is 2.73. The van der Waals surface area contributed by atoms with Gasteiger partial charge in [-0.05, 0) is 87.4 Å². The number of aliphatic hydroxyl groups is 1. The van der Waals surface area contributed by atoms with E-state index in [9.17, 15) is 15.2 Å². The summed E-state index contributed by atoms with van der Waals surface area (Å²) < 4.78 is 0. The normalized spacial score (nSPS) is 42.8. The van der Waals surface area contributed by atoms with Crippen LogP contribution in [0.5, 0.6) is 0 Å². The van der Waals surface area contributed by atoms with Gasteiger partial charge < -0.3 is 10.0 Å². The van der Waals surface area contributed by atoms with Crippen molar-refractivity contribution in [2.24, 2.45) is 34.0 Å². The molecule has 0 aromatic rings. The number of hydrogen-bond donors (Lipinski definition) is 1. The predicted octanol–water partition coefficient (Wildman–Crippen LogP) is 5.47. The number of aliphatic hydroxyl groups excluding tert-OH is 1. The van der Waals surface area contributed by atoms with Gasteiger partial charge in [0, 0.05) is 25.9 Å². The Hall–Kier alpha value is -1.34. The first-order valence-electron chi connectivity index (χ1n) is 12.6. The molecule has 0 aromatic heterocycles. The Balaban J connectivity index is 1.59. The molecule has 1 amide bonds. The van der Waals surface area contributed by atoms with Crippen LogP contribution in [0, 0.1) is 45.3 Å². The first-order valence-corrected chi connectivity index (χ1v) is 12.6. The fraction of sp³-hybridized carbons (Fsp3) is 0.852. The maximum Gasteiger partial charge on any atom is 0.222 e. The number of nitrogens with zero attached hydrogens (tertiary/aromatic N) is 2. The van der Waals surface area contributed by atoms with E-state index in [2.05, 4.69) is 26.8 Å². The van der Waals surface area contributed by atoms with E-state index in [0.29, 0.717) is 36.0 Å². The van der Waals surface area contributed by atoms with Crippen LogP contribution in [-0.4, -0.2) is 36.1 Å². The number of carbonyl (C=O) groups excluding carboxylic acids is 1. The highest BCUT2D eigenvalue weighted by Gasteiger charge is 2.60. The van der Waals surface area contributed by atoms with Gasteiger partial charge in [0.2, 0.25) is 5.91 Å². The maximum atomic E-state index is 12.1. The van der Waals surface area contributed by atoms with Crippen LogP contribution in [0.25, 0.3) is 0 Å². The zero-order valence-electron chi connectivity index (χ0n) is 20.3. The lowest BCUT2D eigenvalue weighted by atomic mass is 9.45. The minimum atomic E-state index is -0.380. The molecule has 0 bridgehead atoms. The van der Waals surface area contributed by atoms with Crippen molar-refractivity contribution in [1.29, 1.82) is 5.26 Å². The van der Waals surface area contributed by atoms with Gasteiger partial charge in [0.1, 0.15) is 0 Å². The van der Waals surface area contributed by atoms with Crippen LogP contribution in [0.2, 0.25) is 0 Å². The Morgan fingerprint density at radius 3 is 2.61 bits per heavy atom. The molecule has 2 saturated carbocycles. The van der Waals surface area contributed by atoms with Crippen molar-refractivity contribution >= 4 is 5.91 Å². The Morgan fingerprint density at radius 2 is 1.94 bits per heavy atom. The number of allylic oxidation sites excluding steroid dienone is 2. The van der Waals surface area contributed by atoms with Gasteiger partial charge in [0.15, 0.2) is 0 Å². The molecule has 31 heavy (non-hydrogen) atoms. The Morgan fingerprint density at radius 1 is 1.19 bits per heavy atom. The molecule has 172 valence electrons. The van der Waals surface area contributed by atoms with Gasteiger partial charge in [0.05, 0.1) is 17.6 Å². The SMILES string of the molecule is C[C@H](CCC(=O)N(C)C)[C@H]1CC[C@H]2C3=C(CC[C@]12C)[C@@]1(C)CCC(O)C[C@]1(C#N)CC3. The van der Waals surface area contributed by atoms with E-state index in [1.54, 1.807) is 16.0 Å². The largest absolute Gasteiger partial charge is 0.393 e. The molecule has 1 N–H and O–H groups in total. The number of nitriles is 1. The summed E-state index contributed by atoms with van der Waals surface area (Å²) in [6.45, 7) is 7.25. The van der Waals surface area contributed by atoms with Crippen LogP contribution < -0.4 is 0 Å². The summed E-state index contributed by atoms with van der Waals surface area (Å²) in [6.07, 6.45) is 10.6. The fourth-order valence-corrected chi connectivity index (χ4v) is 8.44. The zero-order valence-corrected chi connectivity index (χ0v) is 20.3. The molecule has 0 spiro atoms. The second kappa shape index (κ2) is 7.91. The highest BCUT2D eigenvalue weighted by molar-refractivity contribution is 5.75. The van der Waals surface area contributed by atoms with Crippen LogP contribution in [0.3, 0.4) is 0 Å². The number of fused-ring (bicyclic) bond motifs is 4. The quantitative estimate of drug-likeness (QED) is 0.606. The minimum absolute atomic E-state index is 0.0578. The minimum Gasteiger partial charge on any atom is -0.393 e. The van der Waals surface area contributed by atoms with E-state index < -0.39 is 0 Å². The Kier molecular flexibility index (Phi) is 5.83. The van der Waals surface area contributed by atoms with Crippen molar-refractivity contribution in [2.75, 3.05) is 14.1 Å². The smallest absolute Gasteiger partial charge is 0.222 e. The third kappa shape index (κ3) is 3.38. The van der Waals surface area contributed by atoms with Crippen molar-refractivity contribution in [2.45, 2.75) is 97.5 Å². The van der Waals surface area contributed by atoms with Gasteiger partial charge in [-0.15, -0.1) is 0 Å². The van der Waals surface area contributed by atoms with E-state index in [-0.39, 0.29) is 22.8 Å². The van der Waals surface area contributed by atoms with Gasteiger partial charge in [-0.3, -0.25) is 4.79 Å². The number of rotatable bonds is 4. The molecule has 4 nitrogen and oxygen atoms in total. The standard InChI is InChI=1S/C27H42N2O2/c1-18(6-9-24(31)29(4)5)21-7-8-22-20-11-15-27(17-28)16-19(30)10-14-26(27,3)23(20)12-13-25(21,22)2/h18-19,21-22,30H,6-16H2,1-5H3/t18-,19?,21-,22+,25-,26-,27+/m1/s1. The summed E-state index contributed by atoms with van der Waals surface area (Å²) in [4.78, 5) is 13.9. The fourth-order valence-electron chi connectivity index (χ4n) is 8.44. The number of hydrogen-bond acceptors (Lipinski definition) is 3. The average Bonchev–Trinajstić information content (AvgIpc) is 3.09.